The molecule has 28 heavy (non-hydrogen) atoms. The summed E-state index contributed by atoms with van der Waals surface area (Å²) in [5, 5.41) is 7.24. The summed E-state index contributed by atoms with van der Waals surface area (Å²) >= 11 is 15.7. The maximum Gasteiger partial charge on any atom is 0.258 e. The van der Waals surface area contributed by atoms with Gasteiger partial charge in [0.15, 0.2) is 18.1 Å². The molecule has 0 heterocycles. The summed E-state index contributed by atoms with van der Waals surface area (Å²) < 4.78 is 11.9. The number of carbonyl (C=O) groups is 1. The zero-order valence-corrected chi connectivity index (χ0v) is 19.3. The number of anilines is 1. The quantitative estimate of drug-likeness (QED) is 0.526. The van der Waals surface area contributed by atoms with E-state index in [9.17, 15) is 4.79 Å². The molecule has 0 saturated carbocycles. The van der Waals surface area contributed by atoms with E-state index in [2.05, 4.69) is 26.6 Å². The smallest absolute Gasteiger partial charge is 0.258 e. The predicted octanol–water partition coefficient (Wildman–Crippen LogP) is 5.67. The van der Waals surface area contributed by atoms with E-state index < -0.39 is 0 Å². The van der Waals surface area contributed by atoms with Crippen LogP contribution >= 0.6 is 39.1 Å². The lowest BCUT2D eigenvalue weighted by Gasteiger charge is -2.21. The Hall–Kier alpha value is -1.63. The van der Waals surface area contributed by atoms with Crippen LogP contribution in [-0.2, 0) is 11.3 Å². The van der Waals surface area contributed by atoms with Crippen molar-refractivity contribution in [3.8, 4) is 11.5 Å². The van der Waals surface area contributed by atoms with Crippen molar-refractivity contribution in [2.45, 2.75) is 32.9 Å². The molecular formula is C20H23BrCl2N2O3. The number of methoxy groups -OCH3 is 1. The van der Waals surface area contributed by atoms with Gasteiger partial charge in [0, 0.05) is 21.6 Å². The van der Waals surface area contributed by atoms with Gasteiger partial charge < -0.3 is 20.1 Å². The van der Waals surface area contributed by atoms with Crippen molar-refractivity contribution >= 4 is 50.7 Å². The highest BCUT2D eigenvalue weighted by Crippen LogP contribution is 2.34. The number of benzene rings is 2. The van der Waals surface area contributed by atoms with Crippen molar-refractivity contribution in [3.05, 3.63) is 50.4 Å². The van der Waals surface area contributed by atoms with Crippen LogP contribution in [0.2, 0.25) is 10.0 Å². The number of amides is 1. The average molecular weight is 490 g/mol. The van der Waals surface area contributed by atoms with Crippen LogP contribution in [0, 0.1) is 0 Å². The molecule has 0 aliphatic heterocycles. The number of rotatable bonds is 7. The van der Waals surface area contributed by atoms with Crippen LogP contribution in [0.25, 0.3) is 0 Å². The molecule has 152 valence electrons. The number of nitrogens with one attached hydrogen (secondary N) is 2. The standard InChI is InChI=1S/C20H23BrCl2N2O3/c1-20(2,3)25-19(26)11-28-18-9-14(21)12(7-17(18)27-4)10-24-16-6-5-13(22)8-15(16)23/h5-9,24H,10-11H2,1-4H3,(H,25,26). The van der Waals surface area contributed by atoms with E-state index in [4.69, 9.17) is 32.7 Å². The second kappa shape index (κ2) is 9.72. The first-order valence-electron chi connectivity index (χ1n) is 8.58. The first-order valence-corrected chi connectivity index (χ1v) is 10.1. The Morgan fingerprint density at radius 3 is 2.46 bits per heavy atom. The summed E-state index contributed by atoms with van der Waals surface area (Å²) in [4.78, 5) is 12.0. The van der Waals surface area contributed by atoms with E-state index in [0.717, 1.165) is 15.7 Å². The van der Waals surface area contributed by atoms with Crippen LogP contribution in [0.1, 0.15) is 26.3 Å². The SMILES string of the molecule is COc1cc(CNc2ccc(Cl)cc2Cl)c(Br)cc1OCC(=O)NC(C)(C)C. The van der Waals surface area contributed by atoms with Gasteiger partial charge in [-0.3, -0.25) is 4.79 Å². The molecule has 0 spiro atoms. The van der Waals surface area contributed by atoms with Gasteiger partial charge in [0.05, 0.1) is 17.8 Å². The largest absolute Gasteiger partial charge is 0.493 e. The van der Waals surface area contributed by atoms with Crippen LogP contribution < -0.4 is 20.1 Å². The van der Waals surface area contributed by atoms with Crippen molar-refractivity contribution in [2.24, 2.45) is 0 Å². The molecule has 0 fully saturated rings. The molecule has 0 aromatic heterocycles. The Balaban J connectivity index is 2.08. The van der Waals surface area contributed by atoms with Crippen molar-refractivity contribution in [3.63, 3.8) is 0 Å². The topological polar surface area (TPSA) is 59.6 Å². The molecule has 0 bridgehead atoms. The molecule has 0 saturated heterocycles. The highest BCUT2D eigenvalue weighted by Gasteiger charge is 2.16. The zero-order chi connectivity index (χ0) is 20.9. The molecule has 0 atom stereocenters. The van der Waals surface area contributed by atoms with Gasteiger partial charge in [-0.25, -0.2) is 0 Å². The number of carbonyl (C=O) groups excluding carboxylic acids is 1. The van der Waals surface area contributed by atoms with Gasteiger partial charge in [-0.15, -0.1) is 0 Å². The van der Waals surface area contributed by atoms with Gasteiger partial charge in [0.1, 0.15) is 0 Å². The molecule has 2 aromatic carbocycles. The minimum Gasteiger partial charge on any atom is -0.493 e. The van der Waals surface area contributed by atoms with E-state index in [0.29, 0.717) is 28.1 Å². The molecule has 0 unspecified atom stereocenters. The van der Waals surface area contributed by atoms with Crippen LogP contribution in [0.15, 0.2) is 34.8 Å². The summed E-state index contributed by atoms with van der Waals surface area (Å²) in [6.45, 7) is 6.14. The lowest BCUT2D eigenvalue weighted by molar-refractivity contribution is -0.124. The third-order valence-corrected chi connectivity index (χ3v) is 4.89. The predicted molar refractivity (Wildman–Crippen MR) is 118 cm³/mol. The fourth-order valence-electron chi connectivity index (χ4n) is 2.41. The number of hydrogen-bond donors (Lipinski definition) is 2. The Morgan fingerprint density at radius 1 is 1.14 bits per heavy atom. The molecule has 0 aliphatic rings. The second-order valence-electron chi connectivity index (χ2n) is 7.16. The molecule has 0 radical (unpaired) electrons. The Bertz CT molecular complexity index is 854. The highest BCUT2D eigenvalue weighted by molar-refractivity contribution is 9.10. The van der Waals surface area contributed by atoms with E-state index in [1.807, 2.05) is 32.9 Å². The lowest BCUT2D eigenvalue weighted by atomic mass is 10.1. The molecule has 2 aromatic rings. The normalized spacial score (nSPS) is 11.1. The summed E-state index contributed by atoms with van der Waals surface area (Å²) in [6, 6.07) is 8.90. The molecule has 1 amide bonds. The number of ether oxygens (including phenoxy) is 2. The number of halogens is 3. The van der Waals surface area contributed by atoms with Crippen molar-refractivity contribution in [1.82, 2.24) is 5.32 Å². The molecule has 0 aliphatic carbocycles. The number of hydrogen-bond acceptors (Lipinski definition) is 4. The fraction of sp³-hybridized carbons (Fsp3) is 0.350. The Kier molecular flexibility index (Phi) is 7.87. The van der Waals surface area contributed by atoms with Crippen LogP contribution in [0.5, 0.6) is 11.5 Å². The van der Waals surface area contributed by atoms with Gasteiger partial charge in [0.25, 0.3) is 5.91 Å². The van der Waals surface area contributed by atoms with Crippen LogP contribution in [0.3, 0.4) is 0 Å². The van der Waals surface area contributed by atoms with Crippen LogP contribution in [0.4, 0.5) is 5.69 Å². The van der Waals surface area contributed by atoms with Gasteiger partial charge >= 0.3 is 0 Å². The summed E-state index contributed by atoms with van der Waals surface area (Å²) in [6.07, 6.45) is 0. The average Bonchev–Trinajstić information content (AvgIpc) is 2.58. The summed E-state index contributed by atoms with van der Waals surface area (Å²) in [5.74, 6) is 0.811. The van der Waals surface area contributed by atoms with Crippen molar-refractivity contribution < 1.29 is 14.3 Å². The molecule has 5 nitrogen and oxygen atoms in total. The summed E-state index contributed by atoms with van der Waals surface area (Å²) in [5.41, 5.74) is 1.40. The van der Waals surface area contributed by atoms with Gasteiger partial charge in [0.2, 0.25) is 0 Å². The molecule has 8 heteroatoms. The minimum absolute atomic E-state index is 0.0992. The Labute approximate surface area is 183 Å². The fourth-order valence-corrected chi connectivity index (χ4v) is 3.34. The van der Waals surface area contributed by atoms with E-state index in [1.54, 1.807) is 25.3 Å². The second-order valence-corrected chi connectivity index (χ2v) is 8.86. The third-order valence-electron chi connectivity index (χ3n) is 3.61. The maximum absolute atomic E-state index is 12.0. The first-order chi connectivity index (χ1) is 13.1. The van der Waals surface area contributed by atoms with Crippen molar-refractivity contribution in [1.29, 1.82) is 0 Å². The summed E-state index contributed by atoms with van der Waals surface area (Å²) in [7, 11) is 1.55. The lowest BCUT2D eigenvalue weighted by Crippen LogP contribution is -2.43. The monoisotopic (exact) mass is 488 g/mol. The molecule has 2 rings (SSSR count). The third kappa shape index (κ3) is 6.76. The maximum atomic E-state index is 12.0. The Morgan fingerprint density at radius 2 is 1.86 bits per heavy atom. The van der Waals surface area contributed by atoms with Gasteiger partial charge in [-0.2, -0.15) is 0 Å². The van der Waals surface area contributed by atoms with Gasteiger partial charge in [-0.1, -0.05) is 39.1 Å². The van der Waals surface area contributed by atoms with Crippen LogP contribution in [-0.4, -0.2) is 25.2 Å². The molecule has 2 N–H and O–H groups in total. The molecular weight excluding hydrogens is 467 g/mol. The van der Waals surface area contributed by atoms with E-state index in [1.165, 1.54) is 0 Å². The zero-order valence-electron chi connectivity index (χ0n) is 16.2. The highest BCUT2D eigenvalue weighted by atomic mass is 79.9. The van der Waals surface area contributed by atoms with Crippen molar-refractivity contribution in [2.75, 3.05) is 19.0 Å². The first kappa shape index (κ1) is 22.7. The van der Waals surface area contributed by atoms with Gasteiger partial charge in [-0.05, 0) is 56.7 Å². The minimum atomic E-state index is -0.316. The van der Waals surface area contributed by atoms with E-state index >= 15 is 0 Å². The van der Waals surface area contributed by atoms with E-state index in [-0.39, 0.29) is 18.1 Å².